The van der Waals surface area contributed by atoms with Gasteiger partial charge in [0, 0.05) is 12.0 Å². The Kier molecular flexibility index (Phi) is 3.43. The maximum atomic E-state index is 13.0. The number of carbonyl (C=O) groups is 2. The molecule has 1 heterocycles. The number of hydrogen-bond donors (Lipinski definition) is 0. The normalized spacial score (nSPS) is 20.8. The molecule has 0 radical (unpaired) electrons. The van der Waals surface area contributed by atoms with Gasteiger partial charge in [0.15, 0.2) is 0 Å². The lowest BCUT2D eigenvalue weighted by atomic mass is 9.89. The second-order valence-corrected chi connectivity index (χ2v) is 5.92. The number of benzene rings is 1. The third kappa shape index (κ3) is 2.83. The summed E-state index contributed by atoms with van der Waals surface area (Å²) in [5.41, 5.74) is 0.439. The number of halogens is 1. The van der Waals surface area contributed by atoms with Crippen LogP contribution in [-0.2, 0) is 9.59 Å². The molecule has 19 heavy (non-hydrogen) atoms. The molecule has 1 aromatic rings. The average Bonchev–Trinajstić information content (AvgIpc) is 2.26. The predicted molar refractivity (Wildman–Crippen MR) is 70.0 cm³/mol. The molecule has 0 aromatic heterocycles. The molecule has 1 unspecified atom stereocenters. The summed E-state index contributed by atoms with van der Waals surface area (Å²) >= 11 is 0. The fourth-order valence-electron chi connectivity index (χ4n) is 2.60. The number of piperidine rings is 1. The Bertz CT molecular complexity index is 502. The standard InChI is InChI=1S/C15H18FNO2/c1-15(2,3)17-13(8-12(18)9-14(17)19)10-4-6-11(16)7-5-10/h4-7,13H,8-9H2,1-3H3. The summed E-state index contributed by atoms with van der Waals surface area (Å²) in [7, 11) is 0. The molecule has 2 rings (SSSR count). The number of rotatable bonds is 1. The van der Waals surface area contributed by atoms with Crippen molar-refractivity contribution in [2.24, 2.45) is 0 Å². The number of likely N-dealkylation sites (tertiary alicyclic amines) is 1. The Hall–Kier alpha value is -1.71. The molecule has 1 saturated heterocycles. The first-order valence-corrected chi connectivity index (χ1v) is 6.38. The highest BCUT2D eigenvalue weighted by Gasteiger charge is 2.39. The van der Waals surface area contributed by atoms with Crippen LogP contribution in [0.1, 0.15) is 45.2 Å². The monoisotopic (exact) mass is 263 g/mol. The fraction of sp³-hybridized carbons (Fsp3) is 0.467. The zero-order valence-electron chi connectivity index (χ0n) is 11.4. The maximum Gasteiger partial charge on any atom is 0.230 e. The lowest BCUT2D eigenvalue weighted by Gasteiger charge is -2.44. The van der Waals surface area contributed by atoms with Crippen molar-refractivity contribution in [2.75, 3.05) is 0 Å². The minimum Gasteiger partial charge on any atom is -0.330 e. The van der Waals surface area contributed by atoms with Gasteiger partial charge < -0.3 is 4.90 Å². The van der Waals surface area contributed by atoms with Crippen LogP contribution in [-0.4, -0.2) is 22.1 Å². The number of Topliss-reactive ketones (excluding diaryl/α,β-unsaturated/α-hetero) is 1. The van der Waals surface area contributed by atoms with Gasteiger partial charge in [0.25, 0.3) is 0 Å². The summed E-state index contributed by atoms with van der Waals surface area (Å²) < 4.78 is 13.0. The van der Waals surface area contributed by atoms with Gasteiger partial charge in [0.1, 0.15) is 11.6 Å². The quantitative estimate of drug-likeness (QED) is 0.731. The molecule has 3 nitrogen and oxygen atoms in total. The molecule has 0 bridgehead atoms. The Balaban J connectivity index is 2.40. The third-order valence-electron chi connectivity index (χ3n) is 3.33. The lowest BCUT2D eigenvalue weighted by molar-refractivity contribution is -0.148. The highest BCUT2D eigenvalue weighted by Crippen LogP contribution is 2.35. The second-order valence-electron chi connectivity index (χ2n) is 5.92. The van der Waals surface area contributed by atoms with E-state index >= 15 is 0 Å². The van der Waals surface area contributed by atoms with E-state index in [2.05, 4.69) is 0 Å². The van der Waals surface area contributed by atoms with Crippen molar-refractivity contribution in [3.63, 3.8) is 0 Å². The van der Waals surface area contributed by atoms with Gasteiger partial charge in [0.05, 0.1) is 12.5 Å². The van der Waals surface area contributed by atoms with E-state index in [9.17, 15) is 14.0 Å². The summed E-state index contributed by atoms with van der Waals surface area (Å²) in [6.07, 6.45) is 0.267. The Morgan fingerprint density at radius 1 is 1.16 bits per heavy atom. The topological polar surface area (TPSA) is 37.4 Å². The zero-order valence-corrected chi connectivity index (χ0v) is 11.4. The van der Waals surface area contributed by atoms with Crippen LogP contribution < -0.4 is 0 Å². The van der Waals surface area contributed by atoms with Crippen LogP contribution in [0.3, 0.4) is 0 Å². The van der Waals surface area contributed by atoms with Crippen LogP contribution in [0.5, 0.6) is 0 Å². The van der Waals surface area contributed by atoms with Crippen LogP contribution in [0.4, 0.5) is 4.39 Å². The van der Waals surface area contributed by atoms with Crippen molar-refractivity contribution >= 4 is 11.7 Å². The highest BCUT2D eigenvalue weighted by molar-refractivity contribution is 6.01. The third-order valence-corrected chi connectivity index (χ3v) is 3.33. The molecule has 0 saturated carbocycles. The number of carbonyl (C=O) groups excluding carboxylic acids is 2. The van der Waals surface area contributed by atoms with Crippen molar-refractivity contribution < 1.29 is 14.0 Å². The van der Waals surface area contributed by atoms with E-state index < -0.39 is 0 Å². The minimum atomic E-state index is -0.364. The van der Waals surface area contributed by atoms with Crippen LogP contribution >= 0.6 is 0 Å². The number of nitrogens with zero attached hydrogens (tertiary/aromatic N) is 1. The number of ketones is 1. The maximum absolute atomic E-state index is 13.0. The van der Waals surface area contributed by atoms with Gasteiger partial charge >= 0.3 is 0 Å². The Morgan fingerprint density at radius 3 is 2.26 bits per heavy atom. The fourth-order valence-corrected chi connectivity index (χ4v) is 2.60. The Labute approximate surface area is 112 Å². The first kappa shape index (κ1) is 13.7. The number of hydrogen-bond acceptors (Lipinski definition) is 2. The van der Waals surface area contributed by atoms with Gasteiger partial charge in [-0.2, -0.15) is 0 Å². The largest absolute Gasteiger partial charge is 0.330 e. The average molecular weight is 263 g/mol. The molecule has 1 atom stereocenters. The van der Waals surface area contributed by atoms with Gasteiger partial charge in [0.2, 0.25) is 5.91 Å². The van der Waals surface area contributed by atoms with E-state index in [0.717, 1.165) is 5.56 Å². The van der Waals surface area contributed by atoms with E-state index in [-0.39, 0.29) is 35.5 Å². The molecule has 0 aliphatic carbocycles. The number of amides is 1. The highest BCUT2D eigenvalue weighted by atomic mass is 19.1. The molecule has 1 aliphatic rings. The van der Waals surface area contributed by atoms with E-state index in [1.807, 2.05) is 20.8 Å². The van der Waals surface area contributed by atoms with Gasteiger partial charge in [-0.1, -0.05) is 12.1 Å². The van der Waals surface area contributed by atoms with Gasteiger partial charge in [-0.05, 0) is 38.5 Å². The molecular weight excluding hydrogens is 245 g/mol. The lowest BCUT2D eigenvalue weighted by Crippen LogP contribution is -2.51. The molecule has 0 spiro atoms. The van der Waals surface area contributed by atoms with Crippen molar-refractivity contribution in [1.82, 2.24) is 4.90 Å². The van der Waals surface area contributed by atoms with Crippen LogP contribution in [0.25, 0.3) is 0 Å². The van der Waals surface area contributed by atoms with Crippen molar-refractivity contribution in [3.05, 3.63) is 35.6 Å². The summed E-state index contributed by atoms with van der Waals surface area (Å²) in [5, 5.41) is 0. The van der Waals surface area contributed by atoms with Gasteiger partial charge in [-0.3, -0.25) is 9.59 Å². The van der Waals surface area contributed by atoms with Gasteiger partial charge in [-0.15, -0.1) is 0 Å². The summed E-state index contributed by atoms with van der Waals surface area (Å²) in [6.45, 7) is 5.83. The molecule has 1 amide bonds. The smallest absolute Gasteiger partial charge is 0.230 e. The zero-order chi connectivity index (χ0) is 14.2. The molecule has 0 N–H and O–H groups in total. The van der Waals surface area contributed by atoms with Crippen molar-refractivity contribution in [3.8, 4) is 0 Å². The summed E-state index contributed by atoms with van der Waals surface area (Å²) in [5.74, 6) is -0.530. The molecule has 1 aliphatic heterocycles. The molecule has 4 heteroatoms. The van der Waals surface area contributed by atoms with Crippen LogP contribution in [0.15, 0.2) is 24.3 Å². The molecule has 1 aromatic carbocycles. The minimum absolute atomic E-state index is 0.0328. The summed E-state index contributed by atoms with van der Waals surface area (Å²) in [6, 6.07) is 5.71. The van der Waals surface area contributed by atoms with E-state index in [0.29, 0.717) is 6.42 Å². The van der Waals surface area contributed by atoms with Crippen LogP contribution in [0, 0.1) is 5.82 Å². The summed E-state index contributed by atoms with van der Waals surface area (Å²) in [4.78, 5) is 25.5. The van der Waals surface area contributed by atoms with E-state index in [1.165, 1.54) is 12.1 Å². The van der Waals surface area contributed by atoms with E-state index in [1.54, 1.807) is 17.0 Å². The second kappa shape index (κ2) is 4.76. The predicted octanol–water partition coefficient (Wildman–Crippen LogP) is 2.86. The molecule has 1 fully saturated rings. The van der Waals surface area contributed by atoms with Crippen molar-refractivity contribution in [1.29, 1.82) is 0 Å². The molecule has 102 valence electrons. The van der Waals surface area contributed by atoms with Crippen LogP contribution in [0.2, 0.25) is 0 Å². The SMILES string of the molecule is CC(C)(C)N1C(=O)CC(=O)CC1c1ccc(F)cc1. The molecular formula is C15H18FNO2. The van der Waals surface area contributed by atoms with Gasteiger partial charge in [-0.25, -0.2) is 4.39 Å². The van der Waals surface area contributed by atoms with Crippen molar-refractivity contribution in [2.45, 2.75) is 45.2 Å². The van der Waals surface area contributed by atoms with E-state index in [4.69, 9.17) is 0 Å². The first-order valence-electron chi connectivity index (χ1n) is 6.38. The first-order chi connectivity index (χ1) is 8.79. The Morgan fingerprint density at radius 2 is 1.74 bits per heavy atom.